The van der Waals surface area contributed by atoms with Crippen molar-refractivity contribution in [3.8, 4) is 0 Å². The van der Waals surface area contributed by atoms with Crippen LogP contribution in [0.1, 0.15) is 0 Å². The number of rotatable bonds is 1. The van der Waals surface area contributed by atoms with Crippen LogP contribution in [0, 0.1) is 0 Å². The van der Waals surface area contributed by atoms with Crippen molar-refractivity contribution in [1.29, 1.82) is 0 Å². The fourth-order valence-electron chi connectivity index (χ4n) is 1.06. The molecule has 0 spiro atoms. The summed E-state index contributed by atoms with van der Waals surface area (Å²) in [4.78, 5) is 0. The quantitative estimate of drug-likeness (QED) is 0.231. The Morgan fingerprint density at radius 1 is 0.429 bits per heavy atom. The lowest BCUT2D eigenvalue weighted by Crippen LogP contribution is -2.09. The molecule has 0 saturated carbocycles. The van der Waals surface area contributed by atoms with Crippen LogP contribution in [0.4, 0.5) is 59.3 Å². The van der Waals surface area contributed by atoms with Crippen molar-refractivity contribution in [2.45, 2.75) is 6.36 Å². The second kappa shape index (κ2) is 7.80. The van der Waals surface area contributed by atoms with E-state index in [9.17, 15) is 59.3 Å². The third kappa shape index (κ3) is 9.45. The summed E-state index contributed by atoms with van der Waals surface area (Å²) in [5, 5.41) is 0. The second-order valence-electron chi connectivity index (χ2n) is 3.83. The predicted molar refractivity (Wildman–Crippen MR) is 75.4 cm³/mol. The molecule has 0 amide bonds. The maximum atomic E-state index is 13.8. The molecular formula is CF14N6OP6. The molecule has 1 unspecified atom stereocenters. The van der Waals surface area contributed by atoms with Gasteiger partial charge in [-0.15, -0.1) is 82.2 Å². The van der Waals surface area contributed by atoms with E-state index in [1.54, 1.807) is 0 Å². The first-order chi connectivity index (χ1) is 11.9. The van der Waals surface area contributed by atoms with Crippen LogP contribution in [0.3, 0.4) is 0 Å². The highest BCUT2D eigenvalue weighted by Gasteiger charge is 2.46. The van der Waals surface area contributed by atoms with Crippen molar-refractivity contribution in [2.75, 3.05) is 0 Å². The molecule has 1 heterocycles. The fraction of sp³-hybridized carbons (Fsp3) is 1.00. The van der Waals surface area contributed by atoms with Gasteiger partial charge in [0.1, 0.15) is 0 Å². The summed E-state index contributed by atoms with van der Waals surface area (Å²) in [6, 6.07) is 0. The van der Waals surface area contributed by atoms with Crippen LogP contribution >= 0.6 is 46.9 Å². The molecule has 1 atom stereocenters. The Bertz CT molecular complexity index is 955. The zero-order valence-corrected chi connectivity index (χ0v) is 16.9. The number of halogens is 14. The maximum Gasteiger partial charge on any atom is 0.530 e. The van der Waals surface area contributed by atoms with Gasteiger partial charge in [0.25, 0.3) is 0 Å². The highest BCUT2D eigenvalue weighted by molar-refractivity contribution is 7.78. The third-order valence-corrected chi connectivity index (χ3v) is 12.3. The summed E-state index contributed by atoms with van der Waals surface area (Å²) >= 11 is 0. The van der Waals surface area contributed by atoms with Crippen LogP contribution in [0.25, 0.3) is 0 Å². The van der Waals surface area contributed by atoms with E-state index >= 15 is 0 Å². The average Bonchev–Trinajstić information content (AvgIpc) is 2.10. The predicted octanol–water partition coefficient (Wildman–Crippen LogP) is 11.9. The minimum absolute atomic E-state index is 0.986. The first-order valence-corrected chi connectivity index (χ1v) is 14.1. The summed E-state index contributed by atoms with van der Waals surface area (Å²) in [5.41, 5.74) is 0. The SMILES string of the molecule is FC(F)(F)OP1(F)=NP(F)(F)=NP(F)(F)=NP(F)(F)=NP(F)(F)=NP(F)(F)=N1. The zero-order chi connectivity index (χ0) is 22.4. The molecule has 0 aromatic heterocycles. The van der Waals surface area contributed by atoms with Gasteiger partial charge in [0.05, 0.1) is 0 Å². The molecule has 0 bridgehead atoms. The largest absolute Gasteiger partial charge is 0.530 e. The number of alkyl halides is 3. The van der Waals surface area contributed by atoms with E-state index < -0.39 is 53.2 Å². The van der Waals surface area contributed by atoms with E-state index in [-0.39, 0.29) is 0 Å². The van der Waals surface area contributed by atoms with E-state index in [1.165, 1.54) is 0 Å². The summed E-state index contributed by atoms with van der Waals surface area (Å²) in [7, 11) is -44.2. The van der Waals surface area contributed by atoms with Gasteiger partial charge in [-0.25, -0.2) is 4.52 Å². The van der Waals surface area contributed by atoms with Crippen LogP contribution in [0.2, 0.25) is 0 Å². The van der Waals surface area contributed by atoms with Crippen molar-refractivity contribution in [1.82, 2.24) is 0 Å². The van der Waals surface area contributed by atoms with Crippen LogP contribution in [-0.2, 0) is 4.52 Å². The molecule has 1 aliphatic rings. The van der Waals surface area contributed by atoms with E-state index in [4.69, 9.17) is 0 Å². The van der Waals surface area contributed by atoms with Gasteiger partial charge in [-0.1, -0.05) is 0 Å². The molecule has 1 rings (SSSR count). The topological polar surface area (TPSA) is 83.4 Å². The van der Waals surface area contributed by atoms with Crippen LogP contribution in [-0.4, -0.2) is 6.36 Å². The monoisotopic (exact) mass is 564 g/mol. The van der Waals surface area contributed by atoms with Crippen molar-refractivity contribution >= 4 is 46.9 Å². The lowest BCUT2D eigenvalue weighted by atomic mass is 11.4. The van der Waals surface area contributed by atoms with Crippen molar-refractivity contribution in [2.24, 2.45) is 27.1 Å². The standard InChI is InChI=1S/CF14N6OP6/c2-1(3,4)22-28(15)20-26(11,12)18-24(7,8)16-23(5,6)17-25(9,10)19-27(13,14)21-28. The molecule has 0 aromatic rings. The highest BCUT2D eigenvalue weighted by Crippen LogP contribution is 2.83. The summed E-state index contributed by atoms with van der Waals surface area (Å²) < 4.78 is 190. The minimum atomic E-state index is -7.44. The number of hydrogen-bond acceptors (Lipinski definition) is 7. The molecule has 27 heteroatoms. The normalized spacial score (nSPS) is 31.1. The smallest absolute Gasteiger partial charge is 0.207 e. The molecule has 168 valence electrons. The van der Waals surface area contributed by atoms with Gasteiger partial charge in [0.15, 0.2) is 0 Å². The molecule has 1 aliphatic heterocycles. The number of nitrogens with zero attached hydrogens (tertiary/aromatic N) is 6. The molecule has 28 heavy (non-hydrogen) atoms. The van der Waals surface area contributed by atoms with Gasteiger partial charge in [0.2, 0.25) is 0 Å². The average molecular weight is 564 g/mol. The van der Waals surface area contributed by atoms with E-state index in [0.29, 0.717) is 0 Å². The molecule has 0 fully saturated rings. The van der Waals surface area contributed by atoms with Gasteiger partial charge in [0, 0.05) is 0 Å². The fourth-order valence-corrected chi connectivity index (χ4v) is 10.7. The Labute approximate surface area is 145 Å². The molecular weight excluding hydrogens is 564 g/mol. The van der Waals surface area contributed by atoms with Gasteiger partial charge in [-0.05, 0) is 0 Å². The maximum absolute atomic E-state index is 13.8. The van der Waals surface area contributed by atoms with Gasteiger partial charge >= 0.3 is 53.2 Å². The van der Waals surface area contributed by atoms with Crippen LogP contribution in [0.5, 0.6) is 0 Å². The van der Waals surface area contributed by atoms with Crippen LogP contribution in [0.15, 0.2) is 27.1 Å². The summed E-state index contributed by atoms with van der Waals surface area (Å²) in [6.07, 6.45) is -6.37. The van der Waals surface area contributed by atoms with Gasteiger partial charge in [-0.3, -0.25) is 0 Å². The molecule has 0 radical (unpaired) electrons. The first-order valence-electron chi connectivity index (χ1n) is 5.21. The summed E-state index contributed by atoms with van der Waals surface area (Å²) in [5.74, 6) is 0. The third-order valence-electron chi connectivity index (χ3n) is 1.52. The Hall–Kier alpha value is 0.360. The minimum Gasteiger partial charge on any atom is -0.207 e. The Morgan fingerprint density at radius 3 is 0.964 bits per heavy atom. The molecule has 0 N–H and O–H groups in total. The van der Waals surface area contributed by atoms with Crippen molar-refractivity contribution < 1.29 is 63.9 Å². The Morgan fingerprint density at radius 2 is 0.679 bits per heavy atom. The van der Waals surface area contributed by atoms with E-state index in [2.05, 4.69) is 4.52 Å². The lowest BCUT2D eigenvalue weighted by Gasteiger charge is -2.15. The zero-order valence-electron chi connectivity index (χ0n) is 11.6. The molecule has 0 aliphatic carbocycles. The van der Waals surface area contributed by atoms with E-state index in [1.807, 2.05) is 0 Å². The molecule has 0 aromatic carbocycles. The van der Waals surface area contributed by atoms with Gasteiger partial charge in [-0.2, -0.15) is 4.20 Å². The van der Waals surface area contributed by atoms with Gasteiger partial charge < -0.3 is 0 Å². The lowest BCUT2D eigenvalue weighted by molar-refractivity contribution is -0.274. The van der Waals surface area contributed by atoms with E-state index in [0.717, 1.165) is 27.1 Å². The second-order valence-corrected chi connectivity index (χ2v) is 13.8. The van der Waals surface area contributed by atoms with Crippen LogP contribution < -0.4 is 0 Å². The molecule has 0 saturated heterocycles. The Kier molecular flexibility index (Phi) is 7.36. The molecule has 7 nitrogen and oxygen atoms in total. The van der Waals surface area contributed by atoms with Crippen molar-refractivity contribution in [3.63, 3.8) is 0 Å². The first kappa shape index (κ1) is 26.4. The number of hydrogen-bond donors (Lipinski definition) is 0. The van der Waals surface area contributed by atoms with Crippen molar-refractivity contribution in [3.05, 3.63) is 0 Å². The highest BCUT2D eigenvalue weighted by atomic mass is 31.3. The summed E-state index contributed by atoms with van der Waals surface area (Å²) in [6.45, 7) is 0. The Balaban J connectivity index is 4.15.